The third kappa shape index (κ3) is 8.73. The minimum absolute atomic E-state index is 0.000425. The van der Waals surface area contributed by atoms with E-state index in [1.54, 1.807) is 12.1 Å². The Morgan fingerprint density at radius 1 is 1.05 bits per heavy atom. The van der Waals surface area contributed by atoms with Gasteiger partial charge in [-0.2, -0.15) is 18.3 Å². The number of unbranched alkanes of at least 4 members (excludes halogenated alkanes) is 1. The maximum Gasteiger partial charge on any atom is 0.417 e. The first kappa shape index (κ1) is 30.0. The lowest BCUT2D eigenvalue weighted by atomic mass is 9.99. The maximum atomic E-state index is 13.5. The van der Waals surface area contributed by atoms with Crippen LogP contribution in [0.25, 0.3) is 11.1 Å². The van der Waals surface area contributed by atoms with Crippen LogP contribution in [-0.4, -0.2) is 45.6 Å². The number of nitrogens with zero attached hydrogens (tertiary/aromatic N) is 4. The molecule has 0 aliphatic carbocycles. The summed E-state index contributed by atoms with van der Waals surface area (Å²) in [4.78, 5) is 27.9. The molecule has 0 radical (unpaired) electrons. The molecule has 40 heavy (non-hydrogen) atoms. The van der Waals surface area contributed by atoms with Crippen molar-refractivity contribution in [3.05, 3.63) is 83.3 Å². The number of anilines is 1. The molecule has 3 aromatic rings. The summed E-state index contributed by atoms with van der Waals surface area (Å²) in [6.45, 7) is 0.465. The first-order valence-electron chi connectivity index (χ1n) is 12.1. The molecule has 0 saturated heterocycles. The number of hydrogen-bond donors (Lipinski definition) is 4. The van der Waals surface area contributed by atoms with Gasteiger partial charge in [0.05, 0.1) is 23.4 Å². The molecule has 1 aromatic carbocycles. The predicted octanol–water partition coefficient (Wildman–Crippen LogP) is 2.92. The number of hydrazine groups is 1. The van der Waals surface area contributed by atoms with Gasteiger partial charge in [0, 0.05) is 26.0 Å². The molecule has 10 nitrogen and oxygen atoms in total. The van der Waals surface area contributed by atoms with Crippen LogP contribution >= 0.6 is 0 Å². The van der Waals surface area contributed by atoms with E-state index in [0.29, 0.717) is 31.1 Å². The van der Waals surface area contributed by atoms with E-state index in [4.69, 9.17) is 11.6 Å². The Bertz CT molecular complexity index is 1360. The van der Waals surface area contributed by atoms with Gasteiger partial charge in [-0.1, -0.05) is 6.07 Å². The van der Waals surface area contributed by atoms with Gasteiger partial charge >= 0.3 is 6.18 Å². The highest BCUT2D eigenvalue weighted by atomic mass is 19.4. The maximum absolute atomic E-state index is 13.5. The van der Waals surface area contributed by atoms with Gasteiger partial charge in [-0.15, -0.1) is 5.10 Å². The van der Waals surface area contributed by atoms with Gasteiger partial charge in [-0.25, -0.2) is 10.2 Å². The second-order valence-electron chi connectivity index (χ2n) is 8.72. The summed E-state index contributed by atoms with van der Waals surface area (Å²) in [5.74, 6) is 4.08. The Morgan fingerprint density at radius 3 is 2.50 bits per heavy atom. The van der Waals surface area contributed by atoms with Crippen molar-refractivity contribution in [2.24, 2.45) is 11.6 Å². The minimum Gasteiger partial charge on any atom is -0.393 e. The summed E-state index contributed by atoms with van der Waals surface area (Å²) in [6.07, 6.45) is -0.320. The molecule has 212 valence electrons. The number of nitrogens with one attached hydrogen (secondary N) is 2. The molecule has 0 atom stereocenters. The number of carbonyl (C=O) groups is 2. The van der Waals surface area contributed by atoms with Crippen molar-refractivity contribution in [1.82, 2.24) is 25.5 Å². The smallest absolute Gasteiger partial charge is 0.393 e. The average Bonchev–Trinajstić information content (AvgIpc) is 2.91. The highest BCUT2D eigenvalue weighted by Gasteiger charge is 2.34. The molecule has 0 aliphatic heterocycles. The van der Waals surface area contributed by atoms with Crippen molar-refractivity contribution in [3.8, 4) is 11.1 Å². The van der Waals surface area contributed by atoms with E-state index < -0.39 is 29.4 Å². The van der Waals surface area contributed by atoms with Crippen LogP contribution in [-0.2, 0) is 28.6 Å². The number of aryl methyl sites for hydroxylation is 1. The zero-order valence-electron chi connectivity index (χ0n) is 21.5. The van der Waals surface area contributed by atoms with Gasteiger partial charge in [0.2, 0.25) is 5.91 Å². The molecular formula is C26H28F4N8O2. The molecule has 6 N–H and O–H groups in total. The van der Waals surface area contributed by atoms with E-state index in [0.717, 1.165) is 18.6 Å². The highest BCUT2D eigenvalue weighted by molar-refractivity contribution is 5.92. The van der Waals surface area contributed by atoms with E-state index >= 15 is 0 Å². The van der Waals surface area contributed by atoms with Crippen LogP contribution in [0.4, 0.5) is 23.4 Å². The van der Waals surface area contributed by atoms with Gasteiger partial charge in [0.1, 0.15) is 11.5 Å². The first-order chi connectivity index (χ1) is 19.0. The standard InChI is InChI=1S/C26H28F4N8O2/c1-33-25(40)22(31)15-38(32)11-3-2-4-18-6-8-23(37-36-18)35-24(39)14-19-12-16(9-10-34-19)20-7-5-17(27)13-21(20)26(28,29)30/h5-10,12-13,15H,2-4,11,14,31-32H2,1H3,(H,33,40)(H,35,37,39)/b22-15-. The van der Waals surface area contributed by atoms with E-state index in [9.17, 15) is 27.2 Å². The largest absolute Gasteiger partial charge is 0.417 e. The molecule has 0 unspecified atom stereocenters. The second-order valence-corrected chi connectivity index (χ2v) is 8.72. The summed E-state index contributed by atoms with van der Waals surface area (Å²) in [5.41, 5.74) is 5.32. The van der Waals surface area contributed by atoms with Crippen molar-refractivity contribution < 1.29 is 27.2 Å². The van der Waals surface area contributed by atoms with Crippen molar-refractivity contribution in [2.75, 3.05) is 18.9 Å². The molecule has 2 heterocycles. The summed E-state index contributed by atoms with van der Waals surface area (Å²) in [5, 5.41) is 14.4. The number of likely N-dealkylation sites (N-methyl/N-ethyl adjacent to an activating group) is 1. The number of pyridine rings is 1. The van der Waals surface area contributed by atoms with Gasteiger partial charge in [-0.3, -0.25) is 14.6 Å². The molecule has 2 aromatic heterocycles. The fourth-order valence-corrected chi connectivity index (χ4v) is 3.70. The Morgan fingerprint density at radius 2 is 1.82 bits per heavy atom. The fourth-order valence-electron chi connectivity index (χ4n) is 3.70. The van der Waals surface area contributed by atoms with Crippen molar-refractivity contribution >= 4 is 17.6 Å². The van der Waals surface area contributed by atoms with Crippen LogP contribution in [0.15, 0.2) is 60.6 Å². The van der Waals surface area contributed by atoms with Gasteiger partial charge in [-0.05, 0) is 66.8 Å². The first-order valence-corrected chi connectivity index (χ1v) is 12.1. The summed E-state index contributed by atoms with van der Waals surface area (Å²) < 4.78 is 53.7. The number of carbonyl (C=O) groups excluding carboxylic acids is 2. The van der Waals surface area contributed by atoms with Crippen molar-refractivity contribution in [3.63, 3.8) is 0 Å². The van der Waals surface area contributed by atoms with E-state index in [1.807, 2.05) is 0 Å². The lowest BCUT2D eigenvalue weighted by molar-refractivity contribution is -0.137. The molecule has 2 amide bonds. The quantitative estimate of drug-likeness (QED) is 0.0919. The average molecular weight is 561 g/mol. The van der Waals surface area contributed by atoms with Crippen LogP contribution in [0, 0.1) is 5.82 Å². The zero-order chi connectivity index (χ0) is 29.3. The van der Waals surface area contributed by atoms with Crippen molar-refractivity contribution in [2.45, 2.75) is 31.9 Å². The van der Waals surface area contributed by atoms with Gasteiger partial charge in [0.15, 0.2) is 5.82 Å². The number of halogens is 4. The number of benzene rings is 1. The van der Waals surface area contributed by atoms with E-state index in [2.05, 4.69) is 25.8 Å². The summed E-state index contributed by atoms with van der Waals surface area (Å²) in [6, 6.07) is 8.41. The highest BCUT2D eigenvalue weighted by Crippen LogP contribution is 2.37. The zero-order valence-corrected chi connectivity index (χ0v) is 21.5. The van der Waals surface area contributed by atoms with Crippen LogP contribution < -0.4 is 22.2 Å². The molecule has 3 rings (SSSR count). The molecule has 0 spiro atoms. The third-order valence-electron chi connectivity index (χ3n) is 5.64. The number of alkyl halides is 3. The number of aromatic nitrogens is 3. The molecule has 0 bridgehead atoms. The molecule has 0 saturated carbocycles. The Balaban J connectivity index is 1.52. The Kier molecular flexibility index (Phi) is 10.1. The van der Waals surface area contributed by atoms with Crippen LogP contribution in [0.1, 0.15) is 29.8 Å². The van der Waals surface area contributed by atoms with Crippen LogP contribution in [0.2, 0.25) is 0 Å². The van der Waals surface area contributed by atoms with E-state index in [-0.39, 0.29) is 34.8 Å². The normalized spacial score (nSPS) is 11.7. The third-order valence-corrected chi connectivity index (χ3v) is 5.64. The SMILES string of the molecule is CNC(=O)/C(N)=C/N(N)CCCCc1ccc(NC(=O)Cc2cc(-c3ccc(F)cc3C(F)(F)F)ccn2)nn1. The van der Waals surface area contributed by atoms with Crippen LogP contribution in [0.3, 0.4) is 0 Å². The number of hydrogen-bond acceptors (Lipinski definition) is 8. The predicted molar refractivity (Wildman–Crippen MR) is 139 cm³/mol. The summed E-state index contributed by atoms with van der Waals surface area (Å²) >= 11 is 0. The monoisotopic (exact) mass is 560 g/mol. The number of nitrogens with two attached hydrogens (primary N) is 2. The molecule has 0 aliphatic rings. The van der Waals surface area contributed by atoms with Gasteiger partial charge < -0.3 is 21.4 Å². The topological polar surface area (TPSA) is 152 Å². The van der Waals surface area contributed by atoms with E-state index in [1.165, 1.54) is 36.6 Å². The van der Waals surface area contributed by atoms with Crippen LogP contribution in [0.5, 0.6) is 0 Å². The van der Waals surface area contributed by atoms with Gasteiger partial charge in [0.25, 0.3) is 5.91 Å². The summed E-state index contributed by atoms with van der Waals surface area (Å²) in [7, 11) is 1.47. The Labute approximate surface area is 227 Å². The Hall–Kier alpha value is -4.59. The fraction of sp³-hybridized carbons (Fsp3) is 0.269. The molecular weight excluding hydrogens is 532 g/mol. The number of rotatable bonds is 11. The number of amides is 2. The van der Waals surface area contributed by atoms with Crippen molar-refractivity contribution in [1.29, 1.82) is 0 Å². The molecule has 0 fully saturated rings. The lowest BCUT2D eigenvalue weighted by Gasteiger charge is -2.14. The lowest BCUT2D eigenvalue weighted by Crippen LogP contribution is -2.32. The second kappa shape index (κ2) is 13.5. The minimum atomic E-state index is -4.76. The molecule has 14 heteroatoms.